The lowest BCUT2D eigenvalue weighted by atomic mass is 10.0. The minimum Gasteiger partial charge on any atom is -0.497 e. The third kappa shape index (κ3) is 4.24. The Morgan fingerprint density at radius 1 is 0.875 bits per heavy atom. The highest BCUT2D eigenvalue weighted by atomic mass is 16.6. The van der Waals surface area contributed by atoms with Crippen molar-refractivity contribution in [2.75, 3.05) is 14.2 Å². The molecule has 0 bridgehead atoms. The van der Waals surface area contributed by atoms with Crippen LogP contribution in [0.4, 0.5) is 5.69 Å². The standard InChI is InChI=1S/C24H19NO7/c1-29-18-9-10-22(30-2)20(12-18)21-11-16-5-8-19(13-23(16)32-24(21)26)31-14-15-3-6-17(7-4-15)25(27)28/h3-13H,14H2,1-2H3. The number of hydrogen-bond donors (Lipinski definition) is 0. The SMILES string of the molecule is COc1ccc(OC)c(-c2cc3ccc(OCc4ccc([N+](=O)[O-])cc4)cc3oc2=O)c1. The summed E-state index contributed by atoms with van der Waals surface area (Å²) in [5.74, 6) is 1.63. The average molecular weight is 433 g/mol. The van der Waals surface area contributed by atoms with E-state index in [0.29, 0.717) is 39.3 Å². The number of benzene rings is 3. The highest BCUT2D eigenvalue weighted by Crippen LogP contribution is 2.33. The summed E-state index contributed by atoms with van der Waals surface area (Å²) in [6, 6.07) is 18.2. The van der Waals surface area contributed by atoms with E-state index in [1.165, 1.54) is 19.2 Å². The van der Waals surface area contributed by atoms with Gasteiger partial charge in [-0.25, -0.2) is 4.79 Å². The lowest BCUT2D eigenvalue weighted by molar-refractivity contribution is -0.384. The zero-order valence-electron chi connectivity index (χ0n) is 17.4. The maximum atomic E-state index is 12.7. The highest BCUT2D eigenvalue weighted by Gasteiger charge is 2.14. The number of non-ortho nitro benzene ring substituents is 1. The molecule has 3 aromatic carbocycles. The fraction of sp³-hybridized carbons (Fsp3) is 0.125. The molecule has 1 aromatic heterocycles. The Morgan fingerprint density at radius 2 is 1.62 bits per heavy atom. The smallest absolute Gasteiger partial charge is 0.344 e. The fourth-order valence-corrected chi connectivity index (χ4v) is 3.27. The Labute approximate surface area is 182 Å². The first-order chi connectivity index (χ1) is 15.5. The second-order valence-electron chi connectivity index (χ2n) is 6.93. The number of methoxy groups -OCH3 is 2. The summed E-state index contributed by atoms with van der Waals surface area (Å²) in [4.78, 5) is 23.0. The van der Waals surface area contributed by atoms with E-state index >= 15 is 0 Å². The molecule has 0 aliphatic heterocycles. The number of fused-ring (bicyclic) bond motifs is 1. The molecule has 4 aromatic rings. The Morgan fingerprint density at radius 3 is 2.31 bits per heavy atom. The summed E-state index contributed by atoms with van der Waals surface area (Å²) in [6.45, 7) is 0.215. The number of nitrogens with zero attached hydrogens (tertiary/aromatic N) is 1. The van der Waals surface area contributed by atoms with Crippen LogP contribution < -0.4 is 19.8 Å². The van der Waals surface area contributed by atoms with Gasteiger partial charge >= 0.3 is 5.63 Å². The van der Waals surface area contributed by atoms with Crippen LogP contribution in [0.2, 0.25) is 0 Å². The van der Waals surface area contributed by atoms with Crippen molar-refractivity contribution >= 4 is 16.7 Å². The molecule has 162 valence electrons. The molecule has 8 nitrogen and oxygen atoms in total. The molecule has 4 rings (SSSR count). The molecular formula is C24H19NO7. The van der Waals surface area contributed by atoms with Crippen molar-refractivity contribution in [2.45, 2.75) is 6.61 Å². The summed E-state index contributed by atoms with van der Waals surface area (Å²) in [5, 5.41) is 11.5. The first-order valence-electron chi connectivity index (χ1n) is 9.65. The largest absolute Gasteiger partial charge is 0.497 e. The van der Waals surface area contributed by atoms with Gasteiger partial charge in [0, 0.05) is 29.1 Å². The molecule has 32 heavy (non-hydrogen) atoms. The molecular weight excluding hydrogens is 414 g/mol. The highest BCUT2D eigenvalue weighted by molar-refractivity contribution is 5.84. The van der Waals surface area contributed by atoms with Crippen LogP contribution >= 0.6 is 0 Å². The third-order valence-electron chi connectivity index (χ3n) is 4.96. The summed E-state index contributed by atoms with van der Waals surface area (Å²) in [7, 11) is 3.08. The Balaban J connectivity index is 1.61. The predicted octanol–water partition coefficient (Wildman–Crippen LogP) is 4.96. The van der Waals surface area contributed by atoms with E-state index in [0.717, 1.165) is 5.56 Å². The van der Waals surface area contributed by atoms with Crippen LogP contribution in [0.5, 0.6) is 17.2 Å². The van der Waals surface area contributed by atoms with Crippen LogP contribution in [0.3, 0.4) is 0 Å². The lowest BCUT2D eigenvalue weighted by Gasteiger charge is -2.11. The van der Waals surface area contributed by atoms with Gasteiger partial charge in [0.2, 0.25) is 0 Å². The first-order valence-corrected chi connectivity index (χ1v) is 9.65. The zero-order chi connectivity index (χ0) is 22.7. The maximum absolute atomic E-state index is 12.7. The van der Waals surface area contributed by atoms with Gasteiger partial charge in [-0.15, -0.1) is 0 Å². The van der Waals surface area contributed by atoms with Crippen LogP contribution in [0.15, 0.2) is 75.9 Å². The van der Waals surface area contributed by atoms with E-state index in [1.54, 1.807) is 61.7 Å². The van der Waals surface area contributed by atoms with Gasteiger partial charge in [0.05, 0.1) is 24.7 Å². The molecule has 0 radical (unpaired) electrons. The zero-order valence-corrected chi connectivity index (χ0v) is 17.4. The van der Waals surface area contributed by atoms with Gasteiger partial charge in [0.15, 0.2) is 0 Å². The second kappa shape index (κ2) is 8.81. The molecule has 0 amide bonds. The monoisotopic (exact) mass is 433 g/mol. The van der Waals surface area contributed by atoms with Crippen molar-refractivity contribution in [3.63, 3.8) is 0 Å². The van der Waals surface area contributed by atoms with Gasteiger partial charge in [-0.05, 0) is 54.1 Å². The number of ether oxygens (including phenoxy) is 3. The van der Waals surface area contributed by atoms with Crippen molar-refractivity contribution in [1.29, 1.82) is 0 Å². The molecule has 0 fully saturated rings. The van der Waals surface area contributed by atoms with Crippen LogP contribution in [-0.2, 0) is 6.61 Å². The van der Waals surface area contributed by atoms with Crippen LogP contribution in [0.1, 0.15) is 5.56 Å². The molecule has 0 atom stereocenters. The molecule has 1 heterocycles. The van der Waals surface area contributed by atoms with E-state index < -0.39 is 10.5 Å². The van der Waals surface area contributed by atoms with E-state index in [-0.39, 0.29) is 12.3 Å². The average Bonchev–Trinajstić information content (AvgIpc) is 2.82. The van der Waals surface area contributed by atoms with E-state index in [1.807, 2.05) is 0 Å². The van der Waals surface area contributed by atoms with E-state index in [2.05, 4.69) is 0 Å². The first kappa shape index (κ1) is 20.9. The van der Waals surface area contributed by atoms with Gasteiger partial charge in [0.25, 0.3) is 5.69 Å². The molecule has 0 saturated carbocycles. The normalized spacial score (nSPS) is 10.7. The van der Waals surface area contributed by atoms with Gasteiger partial charge in [-0.2, -0.15) is 0 Å². The van der Waals surface area contributed by atoms with Gasteiger partial charge < -0.3 is 18.6 Å². The van der Waals surface area contributed by atoms with E-state index in [9.17, 15) is 14.9 Å². The summed E-state index contributed by atoms with van der Waals surface area (Å²) in [5.41, 5.74) is 1.58. The second-order valence-corrected chi connectivity index (χ2v) is 6.93. The van der Waals surface area contributed by atoms with Crippen LogP contribution in [0, 0.1) is 10.1 Å². The van der Waals surface area contributed by atoms with Crippen molar-refractivity contribution in [3.05, 3.63) is 92.8 Å². The molecule has 0 saturated heterocycles. The molecule has 0 N–H and O–H groups in total. The van der Waals surface area contributed by atoms with Crippen molar-refractivity contribution in [2.24, 2.45) is 0 Å². The predicted molar refractivity (Wildman–Crippen MR) is 118 cm³/mol. The molecule has 0 spiro atoms. The molecule has 0 aliphatic carbocycles. The Hall–Kier alpha value is -4.33. The summed E-state index contributed by atoms with van der Waals surface area (Å²) in [6.07, 6.45) is 0. The number of nitro groups is 1. The third-order valence-corrected chi connectivity index (χ3v) is 4.96. The minimum atomic E-state index is -0.517. The van der Waals surface area contributed by atoms with Gasteiger partial charge in [0.1, 0.15) is 29.4 Å². The Kier molecular flexibility index (Phi) is 5.76. The topological polar surface area (TPSA) is 101 Å². The quantitative estimate of drug-likeness (QED) is 0.230. The summed E-state index contributed by atoms with van der Waals surface area (Å²) >= 11 is 0. The minimum absolute atomic E-state index is 0.0182. The fourth-order valence-electron chi connectivity index (χ4n) is 3.27. The maximum Gasteiger partial charge on any atom is 0.344 e. The molecule has 0 unspecified atom stereocenters. The molecule has 8 heteroatoms. The van der Waals surface area contributed by atoms with Gasteiger partial charge in [-0.3, -0.25) is 10.1 Å². The number of rotatable bonds is 7. The van der Waals surface area contributed by atoms with E-state index in [4.69, 9.17) is 18.6 Å². The van der Waals surface area contributed by atoms with Crippen LogP contribution in [0.25, 0.3) is 22.1 Å². The molecule has 0 aliphatic rings. The van der Waals surface area contributed by atoms with Crippen molar-refractivity contribution < 1.29 is 23.6 Å². The van der Waals surface area contributed by atoms with Crippen molar-refractivity contribution in [1.82, 2.24) is 0 Å². The number of nitro benzene ring substituents is 1. The van der Waals surface area contributed by atoms with Crippen molar-refractivity contribution in [3.8, 4) is 28.4 Å². The van der Waals surface area contributed by atoms with Crippen LogP contribution in [-0.4, -0.2) is 19.1 Å². The van der Waals surface area contributed by atoms with Gasteiger partial charge in [-0.1, -0.05) is 0 Å². The number of hydrogen-bond acceptors (Lipinski definition) is 7. The summed E-state index contributed by atoms with van der Waals surface area (Å²) < 4.78 is 22.0. The lowest BCUT2D eigenvalue weighted by Crippen LogP contribution is -2.04. The Bertz CT molecular complexity index is 1340.